The highest BCUT2D eigenvalue weighted by Gasteiger charge is 2.20. The average Bonchev–Trinajstić information content (AvgIpc) is 2.83. The predicted octanol–water partition coefficient (Wildman–Crippen LogP) is 5.77. The normalized spacial score (nSPS) is 11.6. The fourth-order valence-corrected chi connectivity index (χ4v) is 4.53. The molecular formula is C28H22N2O4S. The number of benzene rings is 4. The second-order valence-electron chi connectivity index (χ2n) is 8.04. The van der Waals surface area contributed by atoms with Crippen molar-refractivity contribution in [1.29, 1.82) is 5.26 Å². The Morgan fingerprint density at radius 3 is 2.37 bits per heavy atom. The van der Waals surface area contributed by atoms with Crippen LogP contribution >= 0.6 is 0 Å². The smallest absolute Gasteiger partial charge is 0.339 e. The Bertz CT molecular complexity index is 1600. The Hall–Kier alpha value is -4.41. The summed E-state index contributed by atoms with van der Waals surface area (Å²) in [5, 5.41) is 13.9. The Morgan fingerprint density at radius 1 is 0.914 bits per heavy atom. The quantitative estimate of drug-likeness (QED) is 0.214. The van der Waals surface area contributed by atoms with Crippen molar-refractivity contribution in [2.24, 2.45) is 0 Å². The third kappa shape index (κ3) is 5.40. The van der Waals surface area contributed by atoms with E-state index in [1.54, 1.807) is 48.5 Å². The highest BCUT2D eigenvalue weighted by Crippen LogP contribution is 2.32. The molecule has 1 N–H and O–H groups in total. The Kier molecular flexibility index (Phi) is 6.67. The summed E-state index contributed by atoms with van der Waals surface area (Å²) in [4.78, 5) is 12.9. The molecule has 0 aliphatic carbocycles. The number of hydrogen-bond acceptors (Lipinski definition) is 5. The van der Waals surface area contributed by atoms with Gasteiger partial charge in [-0.1, -0.05) is 60.2 Å². The number of anilines is 1. The third-order valence-electron chi connectivity index (χ3n) is 5.37. The molecule has 4 aromatic rings. The predicted molar refractivity (Wildman–Crippen MR) is 136 cm³/mol. The minimum atomic E-state index is -4.15. The molecule has 7 heteroatoms. The number of aryl methyl sites for hydroxylation is 2. The number of carbonyl (C=O) groups is 1. The van der Waals surface area contributed by atoms with E-state index < -0.39 is 16.0 Å². The summed E-state index contributed by atoms with van der Waals surface area (Å²) in [6.07, 6.45) is 1.35. The molecule has 0 aliphatic heterocycles. The van der Waals surface area contributed by atoms with Crippen LogP contribution in [0.1, 0.15) is 16.7 Å². The second kappa shape index (κ2) is 9.84. The molecule has 174 valence electrons. The molecule has 0 bridgehead atoms. The van der Waals surface area contributed by atoms with E-state index in [0.717, 1.165) is 16.5 Å². The first-order valence-electron chi connectivity index (χ1n) is 10.8. The van der Waals surface area contributed by atoms with Crippen LogP contribution in [0, 0.1) is 25.2 Å². The fraction of sp³-hybridized carbons (Fsp3) is 0.0714. The van der Waals surface area contributed by atoms with Crippen LogP contribution in [0.15, 0.2) is 95.4 Å². The van der Waals surface area contributed by atoms with E-state index in [1.807, 2.05) is 38.1 Å². The summed E-state index contributed by atoms with van der Waals surface area (Å²) in [7, 11) is -4.15. The highest BCUT2D eigenvalue weighted by atomic mass is 32.2. The SMILES string of the molecule is Cc1ccc(S(=O)(=O)Oc2ccc3ccccc3c2/C=C(\C#N)C(=O)Nc2cccc(C)c2)cc1. The Morgan fingerprint density at radius 2 is 1.66 bits per heavy atom. The van der Waals surface area contributed by atoms with Crippen molar-refractivity contribution in [2.45, 2.75) is 18.7 Å². The van der Waals surface area contributed by atoms with Crippen molar-refractivity contribution >= 4 is 38.6 Å². The van der Waals surface area contributed by atoms with Crippen LogP contribution < -0.4 is 9.50 Å². The molecule has 0 spiro atoms. The molecule has 0 unspecified atom stereocenters. The lowest BCUT2D eigenvalue weighted by Gasteiger charge is -2.13. The minimum Gasteiger partial charge on any atom is -0.378 e. The molecule has 0 fully saturated rings. The number of nitrogens with one attached hydrogen (secondary N) is 1. The summed E-state index contributed by atoms with van der Waals surface area (Å²) in [5.41, 5.74) is 2.54. The average molecular weight is 483 g/mol. The molecule has 35 heavy (non-hydrogen) atoms. The zero-order valence-corrected chi connectivity index (χ0v) is 20.0. The van der Waals surface area contributed by atoms with Crippen LogP contribution in [0.3, 0.4) is 0 Å². The van der Waals surface area contributed by atoms with Gasteiger partial charge in [0.15, 0.2) is 5.75 Å². The van der Waals surface area contributed by atoms with Gasteiger partial charge in [0.25, 0.3) is 5.91 Å². The van der Waals surface area contributed by atoms with Crippen LogP contribution in [0.2, 0.25) is 0 Å². The second-order valence-corrected chi connectivity index (χ2v) is 9.59. The molecule has 0 atom stereocenters. The number of fused-ring (bicyclic) bond motifs is 1. The first kappa shape index (κ1) is 23.7. The number of rotatable bonds is 6. The number of carbonyl (C=O) groups excluding carboxylic acids is 1. The van der Waals surface area contributed by atoms with Crippen molar-refractivity contribution in [3.63, 3.8) is 0 Å². The molecule has 0 aliphatic rings. The lowest BCUT2D eigenvalue weighted by molar-refractivity contribution is -0.112. The van der Waals surface area contributed by atoms with Gasteiger partial charge in [-0.3, -0.25) is 4.79 Å². The van der Waals surface area contributed by atoms with Gasteiger partial charge >= 0.3 is 10.1 Å². The van der Waals surface area contributed by atoms with Crippen LogP contribution in [-0.2, 0) is 14.9 Å². The van der Waals surface area contributed by atoms with Gasteiger partial charge < -0.3 is 9.50 Å². The largest absolute Gasteiger partial charge is 0.378 e. The molecular weight excluding hydrogens is 460 g/mol. The summed E-state index contributed by atoms with van der Waals surface area (Å²) in [6, 6.07) is 25.9. The summed E-state index contributed by atoms with van der Waals surface area (Å²) >= 11 is 0. The van der Waals surface area contributed by atoms with Crippen molar-refractivity contribution in [3.05, 3.63) is 107 Å². The first-order chi connectivity index (χ1) is 16.8. The van der Waals surface area contributed by atoms with Crippen molar-refractivity contribution in [3.8, 4) is 11.8 Å². The standard InChI is InChI=1S/C28H22N2O4S/c1-19-10-13-24(14-11-19)35(32,33)34-27-15-12-21-7-3-4-9-25(21)26(27)17-22(18-29)28(31)30-23-8-5-6-20(2)16-23/h3-17H,1-2H3,(H,30,31)/b22-17+. The molecule has 0 saturated carbocycles. The van der Waals surface area contributed by atoms with Crippen LogP contribution in [0.5, 0.6) is 5.75 Å². The van der Waals surface area contributed by atoms with Gasteiger partial charge in [0.05, 0.1) is 0 Å². The molecule has 6 nitrogen and oxygen atoms in total. The number of hydrogen-bond donors (Lipinski definition) is 1. The zero-order valence-electron chi connectivity index (χ0n) is 19.1. The summed E-state index contributed by atoms with van der Waals surface area (Å²) in [5.74, 6) is -0.598. The molecule has 1 amide bonds. The van der Waals surface area contributed by atoms with E-state index in [2.05, 4.69) is 5.32 Å². The van der Waals surface area contributed by atoms with Crippen molar-refractivity contribution in [2.75, 3.05) is 5.32 Å². The molecule has 4 rings (SSSR count). The molecule has 0 saturated heterocycles. The maximum atomic E-state index is 13.0. The van der Waals surface area contributed by atoms with Gasteiger partial charge in [-0.25, -0.2) is 0 Å². The minimum absolute atomic E-state index is 0.00360. The number of nitrogens with zero attached hydrogens (tertiary/aromatic N) is 1. The van der Waals surface area contributed by atoms with Crippen LogP contribution in [0.4, 0.5) is 5.69 Å². The molecule has 0 heterocycles. The number of nitriles is 1. The molecule has 4 aromatic carbocycles. The highest BCUT2D eigenvalue weighted by molar-refractivity contribution is 7.87. The Balaban J connectivity index is 1.78. The lowest BCUT2D eigenvalue weighted by Crippen LogP contribution is -2.14. The van der Waals surface area contributed by atoms with Crippen LogP contribution in [-0.4, -0.2) is 14.3 Å². The monoisotopic (exact) mass is 482 g/mol. The maximum absolute atomic E-state index is 13.0. The van der Waals surface area contributed by atoms with Crippen molar-refractivity contribution < 1.29 is 17.4 Å². The van der Waals surface area contributed by atoms with E-state index in [9.17, 15) is 18.5 Å². The van der Waals surface area contributed by atoms with Crippen molar-refractivity contribution in [1.82, 2.24) is 0 Å². The molecule has 0 aromatic heterocycles. The number of amides is 1. The van der Waals surface area contributed by atoms with E-state index in [0.29, 0.717) is 16.6 Å². The lowest BCUT2D eigenvalue weighted by atomic mass is 10.0. The van der Waals surface area contributed by atoms with E-state index in [1.165, 1.54) is 24.3 Å². The Labute approximate surface area is 204 Å². The maximum Gasteiger partial charge on any atom is 0.339 e. The van der Waals surface area contributed by atoms with Gasteiger partial charge in [0, 0.05) is 11.3 Å². The van der Waals surface area contributed by atoms with Gasteiger partial charge in [0.2, 0.25) is 0 Å². The molecule has 0 radical (unpaired) electrons. The van der Waals surface area contributed by atoms with Gasteiger partial charge in [0.1, 0.15) is 16.5 Å². The zero-order chi connectivity index (χ0) is 25.0. The topological polar surface area (TPSA) is 96.3 Å². The fourth-order valence-electron chi connectivity index (χ4n) is 3.58. The van der Waals surface area contributed by atoms with Crippen LogP contribution in [0.25, 0.3) is 16.8 Å². The summed E-state index contributed by atoms with van der Waals surface area (Å²) < 4.78 is 31.5. The van der Waals surface area contributed by atoms with E-state index in [-0.39, 0.29) is 16.2 Å². The van der Waals surface area contributed by atoms with Gasteiger partial charge in [-0.15, -0.1) is 0 Å². The summed E-state index contributed by atoms with van der Waals surface area (Å²) in [6.45, 7) is 3.75. The first-order valence-corrected chi connectivity index (χ1v) is 12.2. The van der Waals surface area contributed by atoms with E-state index in [4.69, 9.17) is 4.18 Å². The van der Waals surface area contributed by atoms with Gasteiger partial charge in [-0.05, 0) is 66.6 Å². The van der Waals surface area contributed by atoms with Gasteiger partial charge in [-0.2, -0.15) is 13.7 Å². The third-order valence-corrected chi connectivity index (χ3v) is 6.62. The van der Waals surface area contributed by atoms with E-state index >= 15 is 0 Å².